The Balaban J connectivity index is 1.83. The smallest absolute Gasteiger partial charge is 0.431 e. The minimum atomic E-state index is -4.89. The molecule has 0 fully saturated rings. The Hall–Kier alpha value is -3.40. The monoisotopic (exact) mass is 434 g/mol. The number of hydrogen-bond donors (Lipinski definition) is 2. The standard InChI is InChI=1S/C21H21F3N4O3/c1-2-10-28(11-12-29)16-9-8-15(13-25-16)26-19(30)17-18(21(22,23)24)31-20(27-17)14-6-4-3-5-7-14/h3-9,13,29H,2,10-12H2,1H3,(H,26,30). The van der Waals surface area contributed by atoms with E-state index in [0.717, 1.165) is 6.42 Å². The molecule has 10 heteroatoms. The van der Waals surface area contributed by atoms with Gasteiger partial charge in [-0.3, -0.25) is 4.79 Å². The van der Waals surface area contributed by atoms with Crippen molar-refractivity contribution >= 4 is 17.4 Å². The van der Waals surface area contributed by atoms with E-state index in [1.54, 1.807) is 24.3 Å². The van der Waals surface area contributed by atoms with Gasteiger partial charge < -0.3 is 19.7 Å². The largest absolute Gasteiger partial charge is 0.452 e. The number of nitrogens with zero attached hydrogens (tertiary/aromatic N) is 3. The summed E-state index contributed by atoms with van der Waals surface area (Å²) in [6.45, 7) is 3.01. The number of anilines is 2. The molecule has 2 heterocycles. The van der Waals surface area contributed by atoms with Crippen molar-refractivity contribution in [2.75, 3.05) is 29.9 Å². The summed E-state index contributed by atoms with van der Waals surface area (Å²) in [6.07, 6.45) is -2.71. The van der Waals surface area contributed by atoms with Crippen LogP contribution in [0.3, 0.4) is 0 Å². The number of amides is 1. The van der Waals surface area contributed by atoms with Gasteiger partial charge in [-0.25, -0.2) is 9.97 Å². The molecule has 0 aliphatic rings. The van der Waals surface area contributed by atoms with Gasteiger partial charge in [-0.15, -0.1) is 0 Å². The van der Waals surface area contributed by atoms with E-state index in [0.29, 0.717) is 24.5 Å². The zero-order valence-corrected chi connectivity index (χ0v) is 16.7. The van der Waals surface area contributed by atoms with Crippen LogP contribution in [0, 0.1) is 0 Å². The topological polar surface area (TPSA) is 91.5 Å². The molecule has 0 atom stereocenters. The second-order valence-corrected chi connectivity index (χ2v) is 6.63. The molecule has 0 bridgehead atoms. The summed E-state index contributed by atoms with van der Waals surface area (Å²) in [5, 5.41) is 11.5. The van der Waals surface area contributed by atoms with Crippen LogP contribution in [0.1, 0.15) is 29.6 Å². The van der Waals surface area contributed by atoms with Crippen LogP contribution in [-0.2, 0) is 6.18 Å². The van der Waals surface area contributed by atoms with Gasteiger partial charge in [0.15, 0.2) is 5.69 Å². The highest BCUT2D eigenvalue weighted by atomic mass is 19.4. The first-order valence-corrected chi connectivity index (χ1v) is 9.60. The Labute approximate surface area is 176 Å². The van der Waals surface area contributed by atoms with Gasteiger partial charge in [-0.1, -0.05) is 25.1 Å². The fraction of sp³-hybridized carbons (Fsp3) is 0.286. The molecular formula is C21H21F3N4O3. The Morgan fingerprint density at radius 1 is 1.16 bits per heavy atom. The lowest BCUT2D eigenvalue weighted by molar-refractivity contribution is -0.153. The number of aliphatic hydroxyl groups is 1. The second-order valence-electron chi connectivity index (χ2n) is 6.63. The van der Waals surface area contributed by atoms with Gasteiger partial charge in [0.05, 0.1) is 18.5 Å². The molecule has 0 spiro atoms. The Morgan fingerprint density at radius 3 is 2.48 bits per heavy atom. The van der Waals surface area contributed by atoms with E-state index in [1.165, 1.54) is 24.4 Å². The van der Waals surface area contributed by atoms with Crippen LogP contribution < -0.4 is 10.2 Å². The minimum absolute atomic E-state index is 0.0453. The maximum atomic E-state index is 13.4. The highest BCUT2D eigenvalue weighted by molar-refractivity contribution is 6.04. The molecule has 1 amide bonds. The van der Waals surface area contributed by atoms with E-state index in [4.69, 9.17) is 9.52 Å². The molecule has 3 aromatic rings. The van der Waals surface area contributed by atoms with Gasteiger partial charge in [0, 0.05) is 18.7 Å². The van der Waals surface area contributed by atoms with E-state index in [2.05, 4.69) is 15.3 Å². The number of carbonyl (C=O) groups is 1. The molecule has 31 heavy (non-hydrogen) atoms. The van der Waals surface area contributed by atoms with Crippen molar-refractivity contribution < 1.29 is 27.5 Å². The first-order valence-electron chi connectivity index (χ1n) is 9.60. The van der Waals surface area contributed by atoms with Crippen molar-refractivity contribution in [3.8, 4) is 11.5 Å². The van der Waals surface area contributed by atoms with E-state index < -0.39 is 23.5 Å². The number of halogens is 3. The first kappa shape index (κ1) is 22.3. The maximum Gasteiger partial charge on any atom is 0.452 e. The lowest BCUT2D eigenvalue weighted by Gasteiger charge is -2.22. The van der Waals surface area contributed by atoms with Crippen LogP contribution in [0.5, 0.6) is 0 Å². The van der Waals surface area contributed by atoms with Crippen molar-refractivity contribution in [1.29, 1.82) is 0 Å². The normalized spacial score (nSPS) is 11.4. The zero-order chi connectivity index (χ0) is 22.4. The van der Waals surface area contributed by atoms with Gasteiger partial charge in [0.2, 0.25) is 11.7 Å². The van der Waals surface area contributed by atoms with Crippen LogP contribution in [0.4, 0.5) is 24.7 Å². The molecule has 2 aromatic heterocycles. The number of rotatable bonds is 8. The number of carbonyl (C=O) groups excluding carboxylic acids is 1. The summed E-state index contributed by atoms with van der Waals surface area (Å²) in [7, 11) is 0. The van der Waals surface area contributed by atoms with Crippen molar-refractivity contribution in [2.24, 2.45) is 0 Å². The van der Waals surface area contributed by atoms with E-state index in [-0.39, 0.29) is 18.2 Å². The van der Waals surface area contributed by atoms with Crippen LogP contribution in [-0.4, -0.2) is 40.7 Å². The van der Waals surface area contributed by atoms with Gasteiger partial charge in [0.1, 0.15) is 5.82 Å². The molecule has 0 saturated heterocycles. The average molecular weight is 434 g/mol. The van der Waals surface area contributed by atoms with Gasteiger partial charge >= 0.3 is 6.18 Å². The van der Waals surface area contributed by atoms with E-state index >= 15 is 0 Å². The molecule has 7 nitrogen and oxygen atoms in total. The molecule has 0 aliphatic carbocycles. The predicted molar refractivity (Wildman–Crippen MR) is 109 cm³/mol. The Kier molecular flexibility index (Phi) is 6.91. The summed E-state index contributed by atoms with van der Waals surface area (Å²) in [6, 6.07) is 11.1. The predicted octanol–water partition coefficient (Wildman–Crippen LogP) is 4.22. The SMILES string of the molecule is CCCN(CCO)c1ccc(NC(=O)c2nc(-c3ccccc3)oc2C(F)(F)F)cn1. The summed E-state index contributed by atoms with van der Waals surface area (Å²) in [5.74, 6) is -2.25. The fourth-order valence-electron chi connectivity index (χ4n) is 2.94. The lowest BCUT2D eigenvalue weighted by Crippen LogP contribution is -2.28. The molecule has 0 radical (unpaired) electrons. The molecule has 3 rings (SSSR count). The average Bonchev–Trinajstić information content (AvgIpc) is 3.21. The number of aromatic nitrogens is 2. The molecular weight excluding hydrogens is 413 g/mol. The van der Waals surface area contributed by atoms with Gasteiger partial charge in [-0.05, 0) is 30.7 Å². The fourth-order valence-corrected chi connectivity index (χ4v) is 2.94. The summed E-state index contributed by atoms with van der Waals surface area (Å²) in [4.78, 5) is 22.4. The number of oxazole rings is 1. The first-order chi connectivity index (χ1) is 14.8. The van der Waals surface area contributed by atoms with Crippen molar-refractivity contribution in [3.63, 3.8) is 0 Å². The molecule has 164 valence electrons. The Bertz CT molecular complexity index is 999. The third-order valence-electron chi connectivity index (χ3n) is 4.31. The summed E-state index contributed by atoms with van der Waals surface area (Å²) >= 11 is 0. The van der Waals surface area contributed by atoms with Crippen molar-refractivity contribution in [2.45, 2.75) is 19.5 Å². The number of nitrogens with one attached hydrogen (secondary N) is 1. The molecule has 2 N–H and O–H groups in total. The highest BCUT2D eigenvalue weighted by Gasteiger charge is 2.42. The number of alkyl halides is 3. The Morgan fingerprint density at radius 2 is 1.90 bits per heavy atom. The van der Waals surface area contributed by atoms with Crippen LogP contribution in [0.15, 0.2) is 53.1 Å². The lowest BCUT2D eigenvalue weighted by atomic mass is 10.2. The van der Waals surface area contributed by atoms with E-state index in [1.807, 2.05) is 11.8 Å². The summed E-state index contributed by atoms with van der Waals surface area (Å²) in [5.41, 5.74) is -0.340. The number of pyridine rings is 1. The zero-order valence-electron chi connectivity index (χ0n) is 16.7. The van der Waals surface area contributed by atoms with Crippen molar-refractivity contribution in [1.82, 2.24) is 9.97 Å². The van der Waals surface area contributed by atoms with Crippen LogP contribution in [0.2, 0.25) is 0 Å². The molecule has 0 aliphatic heterocycles. The minimum Gasteiger partial charge on any atom is -0.431 e. The molecule has 0 unspecified atom stereocenters. The maximum absolute atomic E-state index is 13.4. The number of benzene rings is 1. The second kappa shape index (κ2) is 9.61. The van der Waals surface area contributed by atoms with Gasteiger partial charge in [0.25, 0.3) is 5.91 Å². The highest BCUT2D eigenvalue weighted by Crippen LogP contribution is 2.35. The third-order valence-corrected chi connectivity index (χ3v) is 4.31. The van der Waals surface area contributed by atoms with E-state index in [9.17, 15) is 18.0 Å². The quantitative estimate of drug-likeness (QED) is 0.552. The number of aliphatic hydroxyl groups excluding tert-OH is 1. The van der Waals surface area contributed by atoms with Crippen LogP contribution >= 0.6 is 0 Å². The number of hydrogen-bond acceptors (Lipinski definition) is 6. The third kappa shape index (κ3) is 5.40. The molecule has 1 aromatic carbocycles. The van der Waals surface area contributed by atoms with Crippen molar-refractivity contribution in [3.05, 3.63) is 60.1 Å². The van der Waals surface area contributed by atoms with Crippen LogP contribution in [0.25, 0.3) is 11.5 Å². The van der Waals surface area contributed by atoms with Gasteiger partial charge in [-0.2, -0.15) is 13.2 Å². The molecule has 0 saturated carbocycles. The summed E-state index contributed by atoms with van der Waals surface area (Å²) < 4.78 is 45.1.